The van der Waals surface area contributed by atoms with Crippen LogP contribution in [0.4, 0.5) is 0 Å². The minimum atomic E-state index is -0.503. The third-order valence-electron chi connectivity index (χ3n) is 4.29. The maximum atomic E-state index is 10.5. The molecule has 0 amide bonds. The number of β-amino-alcohol motifs (C(OH)–C–C–N with tert-alkyl or cyclic N) is 1. The van der Waals surface area contributed by atoms with Crippen LogP contribution in [-0.2, 0) is 11.8 Å². The molecular formula is C16H29N3O3. The topological polar surface area (TPSA) is 70.8 Å². The molecule has 0 radical (unpaired) electrons. The van der Waals surface area contributed by atoms with Crippen molar-refractivity contribution in [1.82, 2.24) is 14.5 Å². The van der Waals surface area contributed by atoms with Crippen molar-refractivity contribution in [2.75, 3.05) is 26.2 Å². The lowest BCUT2D eigenvalue weighted by atomic mass is 9.90. The van der Waals surface area contributed by atoms with Crippen LogP contribution in [-0.4, -0.2) is 63.1 Å². The molecule has 0 bridgehead atoms. The number of ether oxygens (including phenoxy) is 1. The first kappa shape index (κ1) is 17.4. The van der Waals surface area contributed by atoms with Gasteiger partial charge in [-0.2, -0.15) is 0 Å². The molecule has 2 atom stereocenters. The molecule has 1 saturated heterocycles. The van der Waals surface area contributed by atoms with Gasteiger partial charge in [0.15, 0.2) is 0 Å². The molecule has 1 fully saturated rings. The Hall–Kier alpha value is -0.950. The van der Waals surface area contributed by atoms with Crippen LogP contribution < -0.4 is 0 Å². The van der Waals surface area contributed by atoms with E-state index >= 15 is 0 Å². The van der Waals surface area contributed by atoms with Crippen LogP contribution in [0.25, 0.3) is 0 Å². The molecule has 1 aromatic heterocycles. The maximum Gasteiger partial charge on any atom is 0.137 e. The summed E-state index contributed by atoms with van der Waals surface area (Å²) in [6, 6.07) is 0. The molecule has 6 nitrogen and oxygen atoms in total. The molecule has 6 heteroatoms. The first-order chi connectivity index (χ1) is 10.5. The van der Waals surface area contributed by atoms with Gasteiger partial charge in [-0.3, -0.25) is 0 Å². The summed E-state index contributed by atoms with van der Waals surface area (Å²) in [5.41, 5.74) is 0. The monoisotopic (exact) mass is 311 g/mol. The molecule has 2 unspecified atom stereocenters. The highest BCUT2D eigenvalue weighted by molar-refractivity contribution is 4.98. The van der Waals surface area contributed by atoms with Crippen LogP contribution in [0.1, 0.15) is 38.6 Å². The highest BCUT2D eigenvalue weighted by atomic mass is 16.5. The largest absolute Gasteiger partial charge is 0.389 e. The summed E-state index contributed by atoms with van der Waals surface area (Å²) in [5.74, 6) is 0.977. The molecule has 1 aliphatic heterocycles. The summed E-state index contributed by atoms with van der Waals surface area (Å²) >= 11 is 0. The smallest absolute Gasteiger partial charge is 0.137 e. The van der Waals surface area contributed by atoms with Gasteiger partial charge >= 0.3 is 0 Å². The average molecular weight is 311 g/mol. The molecule has 1 aromatic rings. The first-order valence-corrected chi connectivity index (χ1v) is 8.14. The third-order valence-corrected chi connectivity index (χ3v) is 4.29. The number of hydrogen-bond acceptors (Lipinski definition) is 5. The van der Waals surface area contributed by atoms with E-state index in [-0.39, 0.29) is 12.0 Å². The number of piperidine rings is 1. The summed E-state index contributed by atoms with van der Waals surface area (Å²) in [6.45, 7) is 6.75. The van der Waals surface area contributed by atoms with E-state index in [0.29, 0.717) is 13.2 Å². The van der Waals surface area contributed by atoms with Gasteiger partial charge in [-0.1, -0.05) is 0 Å². The van der Waals surface area contributed by atoms with Crippen LogP contribution in [0.5, 0.6) is 0 Å². The third kappa shape index (κ3) is 4.78. The second-order valence-corrected chi connectivity index (χ2v) is 6.52. The molecule has 2 N–H and O–H groups in total. The quantitative estimate of drug-likeness (QED) is 0.784. The lowest BCUT2D eigenvalue weighted by Crippen LogP contribution is -2.41. The molecule has 2 rings (SSSR count). The van der Waals surface area contributed by atoms with E-state index in [4.69, 9.17) is 4.74 Å². The fraction of sp³-hybridized carbons (Fsp3) is 0.812. The Balaban J connectivity index is 1.75. The highest BCUT2D eigenvalue weighted by Crippen LogP contribution is 2.29. The van der Waals surface area contributed by atoms with Gasteiger partial charge in [-0.25, -0.2) is 4.98 Å². The predicted octanol–water partition coefficient (Wildman–Crippen LogP) is 0.951. The van der Waals surface area contributed by atoms with Gasteiger partial charge in [-0.05, 0) is 45.7 Å². The van der Waals surface area contributed by atoms with Gasteiger partial charge in [0.25, 0.3) is 0 Å². The van der Waals surface area contributed by atoms with E-state index in [1.165, 1.54) is 0 Å². The molecule has 2 heterocycles. The standard InChI is InChI=1S/C16H29N3O3/c1-12(2)22-11-14(20)10-19-7-4-13(5-8-19)15(21)16-17-6-9-18(16)3/h6,9,12-15,20-21H,4-5,7-8,10-11H2,1-3H3. The van der Waals surface area contributed by atoms with Crippen LogP contribution in [0.15, 0.2) is 12.4 Å². The Morgan fingerprint density at radius 3 is 2.55 bits per heavy atom. The van der Waals surface area contributed by atoms with Gasteiger partial charge in [0.2, 0.25) is 0 Å². The van der Waals surface area contributed by atoms with Crippen LogP contribution in [0, 0.1) is 5.92 Å². The van der Waals surface area contributed by atoms with E-state index in [1.807, 2.05) is 31.7 Å². The van der Waals surface area contributed by atoms with E-state index in [2.05, 4.69) is 9.88 Å². The van der Waals surface area contributed by atoms with E-state index < -0.39 is 12.2 Å². The van der Waals surface area contributed by atoms with Gasteiger partial charge in [0.1, 0.15) is 11.9 Å². The number of hydrogen-bond donors (Lipinski definition) is 2. The lowest BCUT2D eigenvalue weighted by molar-refractivity contribution is -0.0180. The molecule has 126 valence electrons. The number of aryl methyl sites for hydroxylation is 1. The van der Waals surface area contributed by atoms with Crippen molar-refractivity contribution in [3.05, 3.63) is 18.2 Å². The molecular weight excluding hydrogens is 282 g/mol. The van der Waals surface area contributed by atoms with E-state index in [9.17, 15) is 10.2 Å². The van der Waals surface area contributed by atoms with Gasteiger partial charge in [0.05, 0.1) is 18.8 Å². The van der Waals surface area contributed by atoms with Gasteiger partial charge < -0.3 is 24.4 Å². The minimum Gasteiger partial charge on any atom is -0.389 e. The molecule has 0 saturated carbocycles. The van der Waals surface area contributed by atoms with Gasteiger partial charge in [-0.15, -0.1) is 0 Å². The van der Waals surface area contributed by atoms with Crippen molar-refractivity contribution in [2.45, 2.75) is 45.0 Å². The number of aromatic nitrogens is 2. The van der Waals surface area contributed by atoms with Crippen molar-refractivity contribution < 1.29 is 14.9 Å². The molecule has 0 aromatic carbocycles. The Bertz CT molecular complexity index is 442. The molecule has 22 heavy (non-hydrogen) atoms. The number of imidazole rings is 1. The number of aliphatic hydroxyl groups is 2. The number of rotatable bonds is 7. The summed E-state index contributed by atoms with van der Waals surface area (Å²) in [6.07, 6.45) is 4.62. The second kappa shape index (κ2) is 8.06. The van der Waals surface area contributed by atoms with Gasteiger partial charge in [0, 0.05) is 26.0 Å². The second-order valence-electron chi connectivity index (χ2n) is 6.52. The fourth-order valence-corrected chi connectivity index (χ4v) is 2.98. The van der Waals surface area contributed by atoms with Crippen molar-refractivity contribution in [2.24, 2.45) is 13.0 Å². The summed E-state index contributed by atoms with van der Waals surface area (Å²) in [4.78, 5) is 6.49. The maximum absolute atomic E-state index is 10.5. The van der Waals surface area contributed by atoms with Crippen LogP contribution in [0.3, 0.4) is 0 Å². The lowest BCUT2D eigenvalue weighted by Gasteiger charge is -2.35. The number of likely N-dealkylation sites (tertiary alicyclic amines) is 1. The minimum absolute atomic E-state index is 0.147. The fourth-order valence-electron chi connectivity index (χ4n) is 2.98. The highest BCUT2D eigenvalue weighted by Gasteiger charge is 2.29. The normalized spacial score (nSPS) is 20.5. The molecule has 0 aliphatic carbocycles. The zero-order valence-electron chi connectivity index (χ0n) is 13.9. The number of aliphatic hydroxyl groups excluding tert-OH is 2. The van der Waals surface area contributed by atoms with E-state index in [1.54, 1.807) is 6.20 Å². The number of nitrogens with zero attached hydrogens (tertiary/aromatic N) is 3. The Labute approximate surface area is 132 Å². The Morgan fingerprint density at radius 2 is 2.00 bits per heavy atom. The van der Waals surface area contributed by atoms with Crippen molar-refractivity contribution in [3.8, 4) is 0 Å². The summed E-state index contributed by atoms with van der Waals surface area (Å²) < 4.78 is 7.32. The van der Waals surface area contributed by atoms with Crippen LogP contribution in [0.2, 0.25) is 0 Å². The Morgan fingerprint density at radius 1 is 1.32 bits per heavy atom. The average Bonchev–Trinajstić information content (AvgIpc) is 2.91. The first-order valence-electron chi connectivity index (χ1n) is 8.14. The van der Waals surface area contributed by atoms with Crippen molar-refractivity contribution in [3.63, 3.8) is 0 Å². The zero-order chi connectivity index (χ0) is 16.1. The molecule has 1 aliphatic rings. The Kier molecular flexibility index (Phi) is 6.37. The molecule has 0 spiro atoms. The SMILES string of the molecule is CC(C)OCC(O)CN1CCC(C(O)c2nccn2C)CC1. The van der Waals surface area contributed by atoms with E-state index in [0.717, 1.165) is 31.8 Å². The van der Waals surface area contributed by atoms with Crippen molar-refractivity contribution >= 4 is 0 Å². The zero-order valence-corrected chi connectivity index (χ0v) is 13.9. The summed E-state index contributed by atoms with van der Waals surface area (Å²) in [5, 5.41) is 20.4. The summed E-state index contributed by atoms with van der Waals surface area (Å²) in [7, 11) is 1.91. The van der Waals surface area contributed by atoms with Crippen LogP contribution >= 0.6 is 0 Å². The predicted molar refractivity (Wildman–Crippen MR) is 84.4 cm³/mol. The van der Waals surface area contributed by atoms with Crippen molar-refractivity contribution in [1.29, 1.82) is 0 Å².